The Morgan fingerprint density at radius 1 is 0.833 bits per heavy atom. The molecule has 1 fully saturated rings. The van der Waals surface area contributed by atoms with Crippen molar-refractivity contribution in [3.63, 3.8) is 0 Å². The van der Waals surface area contributed by atoms with E-state index in [9.17, 15) is 19.2 Å². The van der Waals surface area contributed by atoms with Gasteiger partial charge in [0.2, 0.25) is 11.8 Å². The van der Waals surface area contributed by atoms with Gasteiger partial charge in [0.1, 0.15) is 0 Å². The maximum atomic E-state index is 13.3. The lowest BCUT2D eigenvalue weighted by atomic mass is 9.85. The van der Waals surface area contributed by atoms with E-state index in [0.717, 1.165) is 16.7 Å². The highest BCUT2D eigenvalue weighted by atomic mass is 16.5. The molecule has 3 aromatic carbocycles. The van der Waals surface area contributed by atoms with Crippen LogP contribution in [0.4, 0.5) is 5.69 Å². The summed E-state index contributed by atoms with van der Waals surface area (Å²) in [7, 11) is 0. The summed E-state index contributed by atoms with van der Waals surface area (Å²) in [6.45, 7) is 5.45. The van der Waals surface area contributed by atoms with Crippen molar-refractivity contribution in [2.24, 2.45) is 11.8 Å². The fraction of sp³-hybridized carbons (Fsp3) is 0.229. The molecule has 210 valence electrons. The Morgan fingerprint density at radius 2 is 1.52 bits per heavy atom. The molecule has 1 aliphatic carbocycles. The van der Waals surface area contributed by atoms with Crippen LogP contribution < -0.4 is 4.90 Å². The van der Waals surface area contributed by atoms with Crippen LogP contribution in [0.25, 0.3) is 22.2 Å². The van der Waals surface area contributed by atoms with Crippen molar-refractivity contribution in [2.45, 2.75) is 33.6 Å². The number of amides is 2. The Bertz CT molecular complexity index is 1780. The van der Waals surface area contributed by atoms with E-state index in [1.807, 2.05) is 57.2 Å². The van der Waals surface area contributed by atoms with Crippen molar-refractivity contribution in [3.8, 4) is 11.3 Å². The first-order chi connectivity index (χ1) is 20.2. The summed E-state index contributed by atoms with van der Waals surface area (Å²) in [5.41, 5.74) is 6.19. The summed E-state index contributed by atoms with van der Waals surface area (Å²) in [6.07, 6.45) is 5.10. The van der Waals surface area contributed by atoms with Gasteiger partial charge in [-0.3, -0.25) is 19.3 Å². The molecule has 7 nitrogen and oxygen atoms in total. The zero-order valence-electron chi connectivity index (χ0n) is 23.7. The molecule has 0 spiro atoms. The second-order valence-electron chi connectivity index (χ2n) is 11.1. The standard InChI is InChI=1S/C35H30N2O5/c1-20-8-15-30-28(16-20)29(35(41)42-19-32(38)24-10-9-21(2)22(3)17-24)18-31(36-30)23-11-13-25(14-12-23)37-33(39)26-6-4-5-7-27(26)34(37)40/h4-5,8-18,26-27H,6-7,19H2,1-3H3/t26-,27-/m0/s1. The van der Waals surface area contributed by atoms with Crippen LogP contribution in [0.5, 0.6) is 0 Å². The molecule has 1 aromatic heterocycles. The van der Waals surface area contributed by atoms with E-state index in [0.29, 0.717) is 51.8 Å². The highest BCUT2D eigenvalue weighted by Gasteiger charge is 2.47. The summed E-state index contributed by atoms with van der Waals surface area (Å²) >= 11 is 0. The molecule has 0 N–H and O–H groups in total. The molecule has 7 heteroatoms. The number of aryl methyl sites for hydroxylation is 3. The largest absolute Gasteiger partial charge is 0.454 e. The number of pyridine rings is 1. The van der Waals surface area contributed by atoms with Crippen molar-refractivity contribution >= 4 is 40.2 Å². The monoisotopic (exact) mass is 558 g/mol. The molecule has 0 bridgehead atoms. The second kappa shape index (κ2) is 10.8. The predicted octanol–water partition coefficient (Wildman–Crippen LogP) is 6.32. The van der Waals surface area contributed by atoms with Gasteiger partial charge in [0.25, 0.3) is 0 Å². The molecule has 2 aliphatic rings. The van der Waals surface area contributed by atoms with Gasteiger partial charge < -0.3 is 4.74 Å². The normalized spacial score (nSPS) is 17.9. The number of hydrogen-bond acceptors (Lipinski definition) is 6. The highest BCUT2D eigenvalue weighted by Crippen LogP contribution is 2.38. The van der Waals surface area contributed by atoms with Gasteiger partial charge in [-0.25, -0.2) is 9.78 Å². The molecular weight excluding hydrogens is 528 g/mol. The topological polar surface area (TPSA) is 93.6 Å². The van der Waals surface area contributed by atoms with E-state index in [-0.39, 0.29) is 36.0 Å². The highest BCUT2D eigenvalue weighted by molar-refractivity contribution is 6.22. The number of anilines is 1. The third kappa shape index (κ3) is 4.91. The van der Waals surface area contributed by atoms with Gasteiger partial charge >= 0.3 is 5.97 Å². The summed E-state index contributed by atoms with van der Waals surface area (Å²) in [6, 6.07) is 19.7. The lowest BCUT2D eigenvalue weighted by Crippen LogP contribution is -2.30. The number of carbonyl (C=O) groups is 4. The number of carbonyl (C=O) groups excluding carboxylic acids is 4. The number of esters is 1. The van der Waals surface area contributed by atoms with Crippen molar-refractivity contribution < 1.29 is 23.9 Å². The van der Waals surface area contributed by atoms with Gasteiger partial charge in [-0.1, -0.05) is 48.0 Å². The fourth-order valence-electron chi connectivity index (χ4n) is 5.70. The van der Waals surface area contributed by atoms with Crippen molar-refractivity contribution in [3.05, 3.63) is 107 Å². The Labute approximate surface area is 243 Å². The van der Waals surface area contributed by atoms with Gasteiger partial charge in [-0.2, -0.15) is 0 Å². The van der Waals surface area contributed by atoms with Crippen molar-refractivity contribution in [1.82, 2.24) is 4.98 Å². The average Bonchev–Trinajstić information content (AvgIpc) is 3.26. The number of ketones is 1. The molecule has 2 atom stereocenters. The molecule has 0 saturated carbocycles. The number of ether oxygens (including phenoxy) is 1. The quantitative estimate of drug-likeness (QED) is 0.119. The molecule has 1 saturated heterocycles. The van der Waals surface area contributed by atoms with Crippen LogP contribution in [0, 0.1) is 32.6 Å². The van der Waals surface area contributed by atoms with Gasteiger partial charge in [0.05, 0.1) is 34.3 Å². The van der Waals surface area contributed by atoms with Gasteiger partial charge in [-0.15, -0.1) is 0 Å². The average molecular weight is 559 g/mol. The molecule has 2 amide bonds. The summed E-state index contributed by atoms with van der Waals surface area (Å²) in [5.74, 6) is -1.83. The number of hydrogen-bond donors (Lipinski definition) is 0. The molecule has 0 radical (unpaired) electrons. The lowest BCUT2D eigenvalue weighted by molar-refractivity contribution is -0.122. The number of nitrogens with zero attached hydrogens (tertiary/aromatic N) is 2. The first-order valence-corrected chi connectivity index (χ1v) is 14.0. The van der Waals surface area contributed by atoms with Crippen LogP contribution in [0.1, 0.15) is 50.2 Å². The Kier molecular flexibility index (Phi) is 7.02. The molecule has 2 heterocycles. The number of benzene rings is 3. The smallest absolute Gasteiger partial charge is 0.339 e. The Balaban J connectivity index is 1.28. The molecule has 1 aliphatic heterocycles. The van der Waals surface area contributed by atoms with Gasteiger partial charge in [-0.05, 0) is 81.1 Å². The number of imide groups is 1. The predicted molar refractivity (Wildman–Crippen MR) is 160 cm³/mol. The van der Waals surface area contributed by atoms with Crippen molar-refractivity contribution in [2.75, 3.05) is 11.5 Å². The third-order valence-electron chi connectivity index (χ3n) is 8.28. The third-order valence-corrected chi connectivity index (χ3v) is 8.28. The van der Waals surface area contributed by atoms with Crippen LogP contribution in [-0.4, -0.2) is 35.2 Å². The van der Waals surface area contributed by atoms with E-state index >= 15 is 0 Å². The van der Waals surface area contributed by atoms with E-state index in [2.05, 4.69) is 0 Å². The Hall–Kier alpha value is -4.91. The second-order valence-corrected chi connectivity index (χ2v) is 11.1. The molecule has 0 unspecified atom stereocenters. The van der Waals surface area contributed by atoms with Gasteiger partial charge in [0, 0.05) is 16.5 Å². The molecular formula is C35H30N2O5. The maximum absolute atomic E-state index is 13.3. The lowest BCUT2D eigenvalue weighted by Gasteiger charge is -2.15. The zero-order valence-corrected chi connectivity index (χ0v) is 23.7. The molecule has 6 rings (SSSR count). The number of aromatic nitrogens is 1. The number of Topliss-reactive ketones (excluding diaryl/α,β-unsaturated/α-hetero) is 1. The first-order valence-electron chi connectivity index (χ1n) is 14.0. The molecule has 4 aromatic rings. The minimum absolute atomic E-state index is 0.165. The van der Waals surface area contributed by atoms with Crippen LogP contribution in [0.2, 0.25) is 0 Å². The summed E-state index contributed by atoms with van der Waals surface area (Å²) in [4.78, 5) is 58.2. The van der Waals surface area contributed by atoms with Crippen LogP contribution in [0.15, 0.2) is 78.9 Å². The molecule has 42 heavy (non-hydrogen) atoms. The van der Waals surface area contributed by atoms with Crippen molar-refractivity contribution in [1.29, 1.82) is 0 Å². The number of fused-ring (bicyclic) bond motifs is 2. The van der Waals surface area contributed by atoms with E-state index < -0.39 is 5.97 Å². The zero-order chi connectivity index (χ0) is 29.5. The Morgan fingerprint density at radius 3 is 2.19 bits per heavy atom. The van der Waals surface area contributed by atoms with E-state index in [4.69, 9.17) is 9.72 Å². The first kappa shape index (κ1) is 27.3. The summed E-state index contributed by atoms with van der Waals surface area (Å²) in [5, 5.41) is 0.628. The van der Waals surface area contributed by atoms with Crippen LogP contribution in [0.3, 0.4) is 0 Å². The van der Waals surface area contributed by atoms with E-state index in [1.54, 1.807) is 42.5 Å². The SMILES string of the molecule is Cc1ccc2nc(-c3ccc(N4C(=O)[C@H]5CC=CC[C@@H]5C4=O)cc3)cc(C(=O)OCC(=O)c3ccc(C)c(C)c3)c2c1. The maximum Gasteiger partial charge on any atom is 0.339 e. The fourth-order valence-corrected chi connectivity index (χ4v) is 5.70. The minimum Gasteiger partial charge on any atom is -0.454 e. The van der Waals surface area contributed by atoms with E-state index in [1.165, 1.54) is 4.90 Å². The number of rotatable bonds is 6. The summed E-state index contributed by atoms with van der Waals surface area (Å²) < 4.78 is 5.51. The van der Waals surface area contributed by atoms with Gasteiger partial charge in [0.15, 0.2) is 12.4 Å². The van der Waals surface area contributed by atoms with Crippen LogP contribution in [-0.2, 0) is 14.3 Å². The number of allylic oxidation sites excluding steroid dienone is 2. The minimum atomic E-state index is -0.618. The van der Waals surface area contributed by atoms with Crippen LogP contribution >= 0.6 is 0 Å².